The summed E-state index contributed by atoms with van der Waals surface area (Å²) in [5, 5.41) is 23.3. The maximum atomic E-state index is 12.5. The third-order valence-electron chi connectivity index (χ3n) is 16.7. The Kier molecular flexibility index (Phi) is 66.9. The molecule has 0 fully saturated rings. The fourth-order valence-corrected chi connectivity index (χ4v) is 11.2. The van der Waals surface area contributed by atoms with Gasteiger partial charge in [-0.2, -0.15) is 0 Å². The van der Waals surface area contributed by atoms with E-state index in [2.05, 4.69) is 43.5 Å². The van der Waals surface area contributed by atoms with Gasteiger partial charge in [-0.3, -0.25) is 9.59 Å². The maximum absolute atomic E-state index is 12.5. The quantitative estimate of drug-likeness (QED) is 0.0320. The first-order chi connectivity index (χ1) is 39.0. The third-order valence-corrected chi connectivity index (χ3v) is 16.7. The van der Waals surface area contributed by atoms with E-state index >= 15 is 0 Å². The Morgan fingerprint density at radius 2 is 0.646 bits per heavy atom. The minimum absolute atomic E-state index is 0.000163. The predicted octanol–water partition coefficient (Wildman–Crippen LogP) is 23.1. The normalized spacial score (nSPS) is 12.7. The molecule has 0 radical (unpaired) electrons. The Labute approximate surface area is 494 Å². The van der Waals surface area contributed by atoms with Crippen LogP contribution in [0.25, 0.3) is 0 Å². The van der Waals surface area contributed by atoms with E-state index in [1.54, 1.807) is 6.08 Å². The van der Waals surface area contributed by atoms with Gasteiger partial charge in [0.2, 0.25) is 5.91 Å². The number of rotatable bonds is 67. The molecule has 0 aromatic heterocycles. The van der Waals surface area contributed by atoms with Crippen LogP contribution in [0.1, 0.15) is 393 Å². The highest BCUT2D eigenvalue weighted by atomic mass is 16.5. The number of unbranched alkanes of at least 4 members (excludes halogenated alkanes) is 52. The van der Waals surface area contributed by atoms with Gasteiger partial charge in [-0.05, 0) is 57.8 Å². The highest BCUT2D eigenvalue weighted by Crippen LogP contribution is 2.19. The first-order valence-corrected chi connectivity index (χ1v) is 35.8. The van der Waals surface area contributed by atoms with Gasteiger partial charge in [0.25, 0.3) is 0 Å². The molecule has 6 nitrogen and oxygen atoms in total. The smallest absolute Gasteiger partial charge is 0.305 e. The number of carbonyl (C=O) groups is 2. The summed E-state index contributed by atoms with van der Waals surface area (Å²) in [6.45, 7) is 4.89. The minimum atomic E-state index is -0.846. The van der Waals surface area contributed by atoms with E-state index in [0.29, 0.717) is 19.4 Å². The van der Waals surface area contributed by atoms with Gasteiger partial charge in [0, 0.05) is 12.8 Å². The van der Waals surface area contributed by atoms with Crippen molar-refractivity contribution >= 4 is 11.9 Å². The van der Waals surface area contributed by atoms with E-state index in [0.717, 1.165) is 51.4 Å². The van der Waals surface area contributed by atoms with Gasteiger partial charge in [-0.25, -0.2) is 0 Å². The zero-order chi connectivity index (χ0) is 57.1. The Morgan fingerprint density at radius 1 is 0.354 bits per heavy atom. The molecule has 2 atom stereocenters. The summed E-state index contributed by atoms with van der Waals surface area (Å²) < 4.78 is 5.48. The third kappa shape index (κ3) is 65.1. The number of allylic oxidation sites excluding steroid dienone is 5. The first-order valence-electron chi connectivity index (χ1n) is 35.8. The van der Waals surface area contributed by atoms with Crippen LogP contribution >= 0.6 is 0 Å². The van der Waals surface area contributed by atoms with Crippen molar-refractivity contribution in [1.82, 2.24) is 5.32 Å². The van der Waals surface area contributed by atoms with Crippen molar-refractivity contribution in [2.45, 2.75) is 405 Å². The van der Waals surface area contributed by atoms with Crippen LogP contribution in [0.4, 0.5) is 0 Å². The van der Waals surface area contributed by atoms with Crippen molar-refractivity contribution < 1.29 is 24.5 Å². The molecule has 2 unspecified atom stereocenters. The Balaban J connectivity index is 3.41. The summed E-state index contributed by atoms with van der Waals surface area (Å²) in [5.41, 5.74) is 0. The molecule has 0 aliphatic carbocycles. The molecular formula is C73H139NO5. The molecule has 0 aliphatic heterocycles. The lowest BCUT2D eigenvalue weighted by molar-refractivity contribution is -0.143. The topological polar surface area (TPSA) is 95.9 Å². The molecule has 0 aromatic carbocycles. The van der Waals surface area contributed by atoms with Crippen LogP contribution < -0.4 is 5.32 Å². The lowest BCUT2D eigenvalue weighted by atomic mass is 10.0. The van der Waals surface area contributed by atoms with Gasteiger partial charge in [-0.1, -0.05) is 359 Å². The Morgan fingerprint density at radius 3 is 1.00 bits per heavy atom. The van der Waals surface area contributed by atoms with Gasteiger partial charge in [0.15, 0.2) is 0 Å². The summed E-state index contributed by atoms with van der Waals surface area (Å²) in [6.07, 6.45) is 87.9. The van der Waals surface area contributed by atoms with E-state index in [-0.39, 0.29) is 18.5 Å². The fourth-order valence-electron chi connectivity index (χ4n) is 11.2. The van der Waals surface area contributed by atoms with E-state index in [1.165, 1.54) is 315 Å². The SMILES string of the molecule is CCCC/C=C\C/C=C\CCCCCCCC(=O)OCCCCCCCCCCCCCCCCCCCCCCCCCC(=O)NC(CO)C(O)/C=C/CCCCCCCCCCCCCCCCCCCCCCCCC. The maximum Gasteiger partial charge on any atom is 0.305 e. The second kappa shape index (κ2) is 68.6. The van der Waals surface area contributed by atoms with Crippen molar-refractivity contribution in [2.24, 2.45) is 0 Å². The number of esters is 1. The van der Waals surface area contributed by atoms with Crippen molar-refractivity contribution in [3.8, 4) is 0 Å². The molecule has 0 rings (SSSR count). The van der Waals surface area contributed by atoms with Crippen molar-refractivity contribution in [3.63, 3.8) is 0 Å². The summed E-state index contributed by atoms with van der Waals surface area (Å²) in [7, 11) is 0. The molecule has 6 heteroatoms. The minimum Gasteiger partial charge on any atom is -0.466 e. The van der Waals surface area contributed by atoms with Crippen LogP contribution in [0.2, 0.25) is 0 Å². The summed E-state index contributed by atoms with van der Waals surface area (Å²) in [4.78, 5) is 24.6. The average molecular weight is 1110 g/mol. The summed E-state index contributed by atoms with van der Waals surface area (Å²) in [6, 6.07) is -0.629. The fraction of sp³-hybridized carbons (Fsp3) is 0.890. The number of hydrogen-bond acceptors (Lipinski definition) is 5. The highest BCUT2D eigenvalue weighted by Gasteiger charge is 2.18. The lowest BCUT2D eigenvalue weighted by Gasteiger charge is -2.20. The highest BCUT2D eigenvalue weighted by molar-refractivity contribution is 5.76. The van der Waals surface area contributed by atoms with E-state index in [9.17, 15) is 19.8 Å². The van der Waals surface area contributed by atoms with Gasteiger partial charge in [0.1, 0.15) is 0 Å². The van der Waals surface area contributed by atoms with Crippen LogP contribution in [0, 0.1) is 0 Å². The molecule has 0 aliphatic rings. The molecule has 0 saturated heterocycles. The number of nitrogens with one attached hydrogen (secondary N) is 1. The average Bonchev–Trinajstić information content (AvgIpc) is 3.45. The molecule has 1 amide bonds. The summed E-state index contributed by atoms with van der Waals surface area (Å²) in [5.74, 6) is -0.0636. The van der Waals surface area contributed by atoms with E-state index < -0.39 is 12.1 Å². The second-order valence-electron chi connectivity index (χ2n) is 24.6. The molecule has 79 heavy (non-hydrogen) atoms. The second-order valence-corrected chi connectivity index (χ2v) is 24.6. The molecule has 466 valence electrons. The lowest BCUT2D eigenvalue weighted by Crippen LogP contribution is -2.45. The van der Waals surface area contributed by atoms with Gasteiger partial charge in [-0.15, -0.1) is 0 Å². The van der Waals surface area contributed by atoms with Crippen LogP contribution in [-0.2, 0) is 14.3 Å². The van der Waals surface area contributed by atoms with Crippen molar-refractivity contribution in [2.75, 3.05) is 13.2 Å². The zero-order valence-corrected chi connectivity index (χ0v) is 53.4. The van der Waals surface area contributed by atoms with Crippen molar-refractivity contribution in [3.05, 3.63) is 36.5 Å². The number of hydrogen-bond donors (Lipinski definition) is 3. The van der Waals surface area contributed by atoms with Crippen LogP contribution in [0.3, 0.4) is 0 Å². The van der Waals surface area contributed by atoms with Gasteiger partial charge < -0.3 is 20.3 Å². The Bertz CT molecular complexity index is 1280. The number of ether oxygens (including phenoxy) is 1. The number of carbonyl (C=O) groups excluding carboxylic acids is 2. The molecule has 0 heterocycles. The molecular weight excluding hydrogens is 971 g/mol. The van der Waals surface area contributed by atoms with Gasteiger partial charge in [0.05, 0.1) is 25.4 Å². The number of aliphatic hydroxyl groups excluding tert-OH is 2. The van der Waals surface area contributed by atoms with Gasteiger partial charge >= 0.3 is 5.97 Å². The van der Waals surface area contributed by atoms with E-state index in [1.807, 2.05) is 6.08 Å². The van der Waals surface area contributed by atoms with Crippen LogP contribution in [0.5, 0.6) is 0 Å². The number of aliphatic hydroxyl groups is 2. The standard InChI is InChI=1S/C73H139NO5/c1-3-5-7-9-11-13-15-17-19-20-21-22-23-24-26-29-32-35-38-41-45-49-53-57-61-65-71(76)70(69-75)74-72(77)66-62-58-54-50-46-42-39-36-33-30-27-25-28-31-34-37-40-44-48-52-56-60-64-68-79-73(78)67-63-59-55-51-47-43-18-16-14-12-10-8-6-4-2/h10,12,16,18,61,65,70-71,75-76H,3-9,11,13-15,17,19-60,62-64,66-69H2,1-2H3,(H,74,77)/b12-10-,18-16-,65-61+. The summed E-state index contributed by atoms with van der Waals surface area (Å²) >= 11 is 0. The molecule has 0 aromatic rings. The molecule has 0 spiro atoms. The molecule has 0 bridgehead atoms. The molecule has 3 N–H and O–H groups in total. The number of amides is 1. The van der Waals surface area contributed by atoms with Crippen LogP contribution in [0.15, 0.2) is 36.5 Å². The Hall–Kier alpha value is -1.92. The first kappa shape index (κ1) is 77.1. The predicted molar refractivity (Wildman–Crippen MR) is 347 cm³/mol. The van der Waals surface area contributed by atoms with Crippen molar-refractivity contribution in [1.29, 1.82) is 0 Å². The van der Waals surface area contributed by atoms with Crippen LogP contribution in [-0.4, -0.2) is 47.4 Å². The monoisotopic (exact) mass is 1110 g/mol. The largest absolute Gasteiger partial charge is 0.466 e. The van der Waals surface area contributed by atoms with E-state index in [4.69, 9.17) is 4.74 Å². The molecule has 0 saturated carbocycles. The zero-order valence-electron chi connectivity index (χ0n) is 53.4.